The maximum absolute atomic E-state index is 12.1. The SMILES string of the molecule is COc1ccc(NC(=O)C(C)(C)C#N)cc1N1CCCC1=O. The van der Waals surface area contributed by atoms with Gasteiger partial charge in [-0.25, -0.2) is 0 Å². The van der Waals surface area contributed by atoms with E-state index >= 15 is 0 Å². The van der Waals surface area contributed by atoms with Crippen molar-refractivity contribution in [1.82, 2.24) is 0 Å². The number of amides is 2. The summed E-state index contributed by atoms with van der Waals surface area (Å²) in [4.78, 5) is 25.6. The lowest BCUT2D eigenvalue weighted by Gasteiger charge is -2.21. The van der Waals surface area contributed by atoms with E-state index < -0.39 is 5.41 Å². The molecule has 0 radical (unpaired) electrons. The third kappa shape index (κ3) is 3.03. The van der Waals surface area contributed by atoms with E-state index in [1.807, 2.05) is 6.07 Å². The molecule has 1 heterocycles. The molecule has 1 aromatic carbocycles. The Kier molecular flexibility index (Phi) is 4.36. The normalized spacial score (nSPS) is 14.6. The van der Waals surface area contributed by atoms with Gasteiger partial charge in [-0.1, -0.05) is 0 Å². The van der Waals surface area contributed by atoms with Gasteiger partial charge in [0.05, 0.1) is 18.9 Å². The molecule has 0 saturated carbocycles. The number of anilines is 2. The zero-order chi connectivity index (χ0) is 16.3. The molecule has 116 valence electrons. The smallest absolute Gasteiger partial charge is 0.244 e. The molecular weight excluding hydrogens is 282 g/mol. The van der Waals surface area contributed by atoms with Crippen molar-refractivity contribution in [2.45, 2.75) is 26.7 Å². The first-order valence-electron chi connectivity index (χ1n) is 7.10. The number of benzene rings is 1. The van der Waals surface area contributed by atoms with E-state index in [4.69, 9.17) is 10.00 Å². The quantitative estimate of drug-likeness (QED) is 0.925. The second-order valence-corrected chi connectivity index (χ2v) is 5.73. The van der Waals surface area contributed by atoms with Gasteiger partial charge < -0.3 is 15.0 Å². The molecule has 2 rings (SSSR count). The molecule has 1 aromatic rings. The molecule has 1 aliphatic rings. The summed E-state index contributed by atoms with van der Waals surface area (Å²) in [6, 6.07) is 7.05. The minimum Gasteiger partial charge on any atom is -0.495 e. The van der Waals surface area contributed by atoms with Gasteiger partial charge >= 0.3 is 0 Å². The maximum Gasteiger partial charge on any atom is 0.244 e. The van der Waals surface area contributed by atoms with Crippen LogP contribution in [-0.2, 0) is 9.59 Å². The second-order valence-electron chi connectivity index (χ2n) is 5.73. The number of rotatable bonds is 4. The standard InChI is InChI=1S/C16H19N3O3/c1-16(2,10-17)15(21)18-11-6-7-13(22-3)12(9-11)19-8-4-5-14(19)20/h6-7,9H,4-5,8H2,1-3H3,(H,18,21). The van der Waals surface area contributed by atoms with Gasteiger partial charge in [0.2, 0.25) is 11.8 Å². The number of carbonyl (C=O) groups excluding carboxylic acids is 2. The average Bonchev–Trinajstić information content (AvgIpc) is 2.93. The van der Waals surface area contributed by atoms with Crippen LogP contribution in [0.25, 0.3) is 0 Å². The van der Waals surface area contributed by atoms with E-state index in [1.54, 1.807) is 36.9 Å². The van der Waals surface area contributed by atoms with Crippen LogP contribution in [-0.4, -0.2) is 25.5 Å². The van der Waals surface area contributed by atoms with Crippen LogP contribution in [0.1, 0.15) is 26.7 Å². The van der Waals surface area contributed by atoms with Crippen LogP contribution in [0.3, 0.4) is 0 Å². The molecule has 6 nitrogen and oxygen atoms in total. The molecule has 0 atom stereocenters. The Labute approximate surface area is 129 Å². The van der Waals surface area contributed by atoms with E-state index in [0.717, 1.165) is 6.42 Å². The van der Waals surface area contributed by atoms with E-state index in [1.165, 1.54) is 7.11 Å². The number of nitriles is 1. The first-order chi connectivity index (χ1) is 10.4. The Hall–Kier alpha value is -2.55. The summed E-state index contributed by atoms with van der Waals surface area (Å²) in [5.74, 6) is 0.228. The van der Waals surface area contributed by atoms with E-state index in [0.29, 0.717) is 30.1 Å². The Morgan fingerprint density at radius 2 is 2.18 bits per heavy atom. The van der Waals surface area contributed by atoms with Crippen LogP contribution >= 0.6 is 0 Å². The number of methoxy groups -OCH3 is 1. The van der Waals surface area contributed by atoms with Crippen LogP contribution in [0.15, 0.2) is 18.2 Å². The van der Waals surface area contributed by atoms with E-state index in [9.17, 15) is 9.59 Å². The van der Waals surface area contributed by atoms with Crippen LogP contribution in [0.5, 0.6) is 5.75 Å². The molecule has 1 aliphatic heterocycles. The summed E-state index contributed by atoms with van der Waals surface area (Å²) in [6.07, 6.45) is 1.32. The van der Waals surface area contributed by atoms with Crippen molar-refractivity contribution in [3.05, 3.63) is 18.2 Å². The van der Waals surface area contributed by atoms with Gasteiger partial charge in [-0.2, -0.15) is 5.26 Å². The minimum atomic E-state index is -1.12. The third-order valence-corrected chi connectivity index (χ3v) is 3.65. The molecule has 1 N–H and O–H groups in total. The summed E-state index contributed by atoms with van der Waals surface area (Å²) in [7, 11) is 1.54. The molecular formula is C16H19N3O3. The van der Waals surface area contributed by atoms with Crippen molar-refractivity contribution in [1.29, 1.82) is 5.26 Å². The number of hydrogen-bond acceptors (Lipinski definition) is 4. The highest BCUT2D eigenvalue weighted by atomic mass is 16.5. The third-order valence-electron chi connectivity index (χ3n) is 3.65. The number of carbonyl (C=O) groups is 2. The first kappa shape index (κ1) is 15.8. The molecule has 0 bridgehead atoms. The Bertz CT molecular complexity index is 647. The molecule has 0 spiro atoms. The van der Waals surface area contributed by atoms with Crippen LogP contribution in [0, 0.1) is 16.7 Å². The molecule has 22 heavy (non-hydrogen) atoms. The van der Waals surface area contributed by atoms with Crippen LogP contribution in [0.2, 0.25) is 0 Å². The Morgan fingerprint density at radius 1 is 1.45 bits per heavy atom. The van der Waals surface area contributed by atoms with Gasteiger partial charge in [0, 0.05) is 18.7 Å². The van der Waals surface area contributed by atoms with Crippen molar-refractivity contribution in [3.63, 3.8) is 0 Å². The summed E-state index contributed by atoms with van der Waals surface area (Å²) in [5.41, 5.74) is 0.0465. The monoisotopic (exact) mass is 301 g/mol. The van der Waals surface area contributed by atoms with Crippen molar-refractivity contribution in [2.75, 3.05) is 23.9 Å². The van der Waals surface area contributed by atoms with Gasteiger partial charge in [0.1, 0.15) is 11.2 Å². The molecule has 0 aromatic heterocycles. The molecule has 6 heteroatoms. The second kappa shape index (κ2) is 6.06. The van der Waals surface area contributed by atoms with Crippen molar-refractivity contribution in [2.24, 2.45) is 5.41 Å². The summed E-state index contributed by atoms with van der Waals surface area (Å²) in [6.45, 7) is 3.74. The zero-order valence-corrected chi connectivity index (χ0v) is 13.0. The number of nitrogens with one attached hydrogen (secondary N) is 1. The molecule has 0 aliphatic carbocycles. The predicted molar refractivity (Wildman–Crippen MR) is 82.6 cm³/mol. The van der Waals surface area contributed by atoms with Gasteiger partial charge in [-0.3, -0.25) is 9.59 Å². The molecule has 2 amide bonds. The number of nitrogens with zero attached hydrogens (tertiary/aromatic N) is 2. The highest BCUT2D eigenvalue weighted by Crippen LogP contribution is 2.34. The highest BCUT2D eigenvalue weighted by molar-refractivity contribution is 6.00. The minimum absolute atomic E-state index is 0.0409. The Balaban J connectivity index is 2.30. The first-order valence-corrected chi connectivity index (χ1v) is 7.10. The lowest BCUT2D eigenvalue weighted by atomic mass is 9.94. The summed E-state index contributed by atoms with van der Waals surface area (Å²) in [5, 5.41) is 11.7. The van der Waals surface area contributed by atoms with Gasteiger partial charge in [-0.05, 0) is 38.5 Å². The number of hydrogen-bond donors (Lipinski definition) is 1. The van der Waals surface area contributed by atoms with Gasteiger partial charge in [-0.15, -0.1) is 0 Å². The van der Waals surface area contributed by atoms with Crippen molar-refractivity contribution >= 4 is 23.2 Å². The molecule has 0 unspecified atom stereocenters. The largest absolute Gasteiger partial charge is 0.495 e. The van der Waals surface area contributed by atoms with Gasteiger partial charge in [0.15, 0.2) is 0 Å². The average molecular weight is 301 g/mol. The molecule has 1 saturated heterocycles. The van der Waals surface area contributed by atoms with Crippen molar-refractivity contribution in [3.8, 4) is 11.8 Å². The number of ether oxygens (including phenoxy) is 1. The topological polar surface area (TPSA) is 82.4 Å². The van der Waals surface area contributed by atoms with Crippen LogP contribution in [0.4, 0.5) is 11.4 Å². The lowest BCUT2D eigenvalue weighted by molar-refractivity contribution is -0.121. The summed E-state index contributed by atoms with van der Waals surface area (Å²) >= 11 is 0. The predicted octanol–water partition coefficient (Wildman–Crippen LogP) is 2.31. The molecule has 1 fully saturated rings. The lowest BCUT2D eigenvalue weighted by Crippen LogP contribution is -2.29. The van der Waals surface area contributed by atoms with E-state index in [2.05, 4.69) is 5.32 Å². The van der Waals surface area contributed by atoms with Gasteiger partial charge in [0.25, 0.3) is 0 Å². The Morgan fingerprint density at radius 3 is 2.73 bits per heavy atom. The highest BCUT2D eigenvalue weighted by Gasteiger charge is 2.28. The van der Waals surface area contributed by atoms with Crippen LogP contribution < -0.4 is 15.0 Å². The van der Waals surface area contributed by atoms with E-state index in [-0.39, 0.29) is 11.8 Å². The zero-order valence-electron chi connectivity index (χ0n) is 13.0. The van der Waals surface area contributed by atoms with Crippen molar-refractivity contribution < 1.29 is 14.3 Å². The fourth-order valence-corrected chi connectivity index (χ4v) is 2.22. The maximum atomic E-state index is 12.1. The fraction of sp³-hybridized carbons (Fsp3) is 0.438. The summed E-state index contributed by atoms with van der Waals surface area (Å²) < 4.78 is 5.30. The fourth-order valence-electron chi connectivity index (χ4n) is 2.22.